The van der Waals surface area contributed by atoms with Gasteiger partial charge in [0.15, 0.2) is 0 Å². The molecule has 0 aliphatic heterocycles. The standard InChI is InChI=1S/C15H14BN5O3.H2/c1-8-5-19-15(20-6-8)21-12(22)7-18-14(24)10-3-2-9(16)4-11(10)13(17)23;/h2-6H,7H2,1H3,(H2,17,23)(H,18,24)(H,19,20,21,22);1H. The fourth-order valence-electron chi connectivity index (χ4n) is 1.85. The minimum atomic E-state index is -0.787. The largest absolute Gasteiger partial charge is 0.366 e. The molecule has 0 unspecified atom stereocenters. The zero-order valence-corrected chi connectivity index (χ0v) is 12.9. The van der Waals surface area contributed by atoms with Gasteiger partial charge in [-0.25, -0.2) is 9.97 Å². The lowest BCUT2D eigenvalue weighted by Crippen LogP contribution is -2.34. The molecule has 3 amide bonds. The van der Waals surface area contributed by atoms with Crippen LogP contribution in [-0.4, -0.2) is 42.1 Å². The molecule has 0 bridgehead atoms. The average Bonchev–Trinajstić information content (AvgIpc) is 2.54. The molecule has 0 aliphatic rings. The summed E-state index contributed by atoms with van der Waals surface area (Å²) in [6.07, 6.45) is 3.10. The van der Waals surface area contributed by atoms with Crippen molar-refractivity contribution in [1.82, 2.24) is 15.3 Å². The molecule has 0 saturated carbocycles. The zero-order valence-electron chi connectivity index (χ0n) is 12.9. The molecule has 0 spiro atoms. The van der Waals surface area contributed by atoms with E-state index < -0.39 is 17.7 Å². The van der Waals surface area contributed by atoms with Crippen molar-refractivity contribution >= 4 is 37.0 Å². The van der Waals surface area contributed by atoms with Crippen LogP contribution >= 0.6 is 0 Å². The number of aryl methyl sites for hydroxylation is 1. The summed E-state index contributed by atoms with van der Waals surface area (Å²) in [5.74, 6) is -1.79. The summed E-state index contributed by atoms with van der Waals surface area (Å²) in [7, 11) is 5.57. The Labute approximate surface area is 140 Å². The van der Waals surface area contributed by atoms with Crippen LogP contribution in [0.4, 0.5) is 5.95 Å². The lowest BCUT2D eigenvalue weighted by atomic mass is 9.91. The van der Waals surface area contributed by atoms with Gasteiger partial charge in [-0.05, 0) is 18.6 Å². The molecule has 0 saturated heterocycles. The van der Waals surface area contributed by atoms with Crippen molar-refractivity contribution in [2.45, 2.75) is 6.92 Å². The number of carbonyl (C=O) groups is 3. The number of primary amides is 1. The Hall–Kier alpha value is -3.23. The van der Waals surface area contributed by atoms with Crippen molar-refractivity contribution in [3.05, 3.63) is 47.3 Å². The Balaban J connectivity index is 0.00000312. The van der Waals surface area contributed by atoms with Crippen LogP contribution < -0.4 is 21.8 Å². The summed E-state index contributed by atoms with van der Waals surface area (Å²) < 4.78 is 0. The maximum Gasteiger partial charge on any atom is 0.252 e. The zero-order chi connectivity index (χ0) is 17.7. The summed E-state index contributed by atoms with van der Waals surface area (Å²) in [6.45, 7) is 1.49. The topological polar surface area (TPSA) is 127 Å². The molecule has 2 radical (unpaired) electrons. The minimum absolute atomic E-state index is 0. The third kappa shape index (κ3) is 4.39. The van der Waals surface area contributed by atoms with E-state index in [2.05, 4.69) is 20.6 Å². The van der Waals surface area contributed by atoms with Crippen LogP contribution in [-0.2, 0) is 4.79 Å². The van der Waals surface area contributed by atoms with Crippen molar-refractivity contribution in [2.75, 3.05) is 11.9 Å². The minimum Gasteiger partial charge on any atom is -0.366 e. The predicted molar refractivity (Wildman–Crippen MR) is 90.2 cm³/mol. The Morgan fingerprint density at radius 1 is 1.21 bits per heavy atom. The first-order valence-corrected chi connectivity index (χ1v) is 6.93. The Morgan fingerprint density at radius 3 is 2.50 bits per heavy atom. The number of hydrogen-bond acceptors (Lipinski definition) is 5. The van der Waals surface area contributed by atoms with Crippen LogP contribution in [0.1, 0.15) is 27.7 Å². The Morgan fingerprint density at radius 2 is 1.88 bits per heavy atom. The Kier molecular flexibility index (Phi) is 5.25. The normalized spacial score (nSPS) is 10.0. The lowest BCUT2D eigenvalue weighted by Gasteiger charge is -2.09. The molecular formula is C15H16BN5O3. The molecule has 0 aliphatic carbocycles. The third-order valence-corrected chi connectivity index (χ3v) is 3.00. The van der Waals surface area contributed by atoms with Crippen LogP contribution in [0.3, 0.4) is 0 Å². The number of carbonyl (C=O) groups excluding carboxylic acids is 3. The number of nitrogens with one attached hydrogen (secondary N) is 2. The van der Waals surface area contributed by atoms with Crippen molar-refractivity contribution < 1.29 is 15.8 Å². The number of rotatable bonds is 5. The molecule has 122 valence electrons. The summed E-state index contributed by atoms with van der Waals surface area (Å²) in [5, 5.41) is 4.82. The van der Waals surface area contributed by atoms with Crippen LogP contribution in [0.2, 0.25) is 0 Å². The summed E-state index contributed by atoms with van der Waals surface area (Å²) in [6, 6.07) is 4.13. The Bertz CT molecular complexity index is 798. The summed E-state index contributed by atoms with van der Waals surface area (Å²) in [4.78, 5) is 43.1. The molecule has 1 heterocycles. The molecule has 1 aromatic heterocycles. The molecule has 0 fully saturated rings. The van der Waals surface area contributed by atoms with E-state index in [0.29, 0.717) is 5.46 Å². The highest BCUT2D eigenvalue weighted by molar-refractivity contribution is 6.33. The van der Waals surface area contributed by atoms with Gasteiger partial charge in [0, 0.05) is 13.8 Å². The number of benzene rings is 1. The fraction of sp³-hybridized carbons (Fsp3) is 0.133. The van der Waals surface area contributed by atoms with Gasteiger partial charge in [0.1, 0.15) is 7.85 Å². The molecule has 2 aromatic rings. The summed E-state index contributed by atoms with van der Waals surface area (Å²) >= 11 is 0. The number of aromatic nitrogens is 2. The molecule has 24 heavy (non-hydrogen) atoms. The van der Waals surface area contributed by atoms with Crippen LogP contribution in [0.5, 0.6) is 0 Å². The second-order valence-corrected chi connectivity index (χ2v) is 4.98. The van der Waals surface area contributed by atoms with Gasteiger partial charge in [-0.3, -0.25) is 19.7 Å². The van der Waals surface area contributed by atoms with Gasteiger partial charge in [0.2, 0.25) is 17.8 Å². The molecule has 2 rings (SSSR count). The fourth-order valence-corrected chi connectivity index (χ4v) is 1.85. The van der Waals surface area contributed by atoms with Crippen molar-refractivity contribution in [3.8, 4) is 0 Å². The predicted octanol–water partition coefficient (Wildman–Crippen LogP) is -0.708. The molecule has 0 atom stereocenters. The SMILES string of the molecule is [B]c1ccc(C(=O)NCC(=O)Nc2ncc(C)cn2)c(C(N)=O)c1.[HH]. The van der Waals surface area contributed by atoms with Gasteiger partial charge in [-0.2, -0.15) is 0 Å². The van der Waals surface area contributed by atoms with Crippen LogP contribution in [0, 0.1) is 6.92 Å². The number of anilines is 1. The molecular weight excluding hydrogens is 309 g/mol. The first-order chi connectivity index (χ1) is 11.4. The van der Waals surface area contributed by atoms with E-state index >= 15 is 0 Å². The maximum absolute atomic E-state index is 12.1. The van der Waals surface area contributed by atoms with Crippen LogP contribution in [0.15, 0.2) is 30.6 Å². The highest BCUT2D eigenvalue weighted by atomic mass is 16.2. The van der Waals surface area contributed by atoms with Crippen LogP contribution in [0.25, 0.3) is 0 Å². The number of nitrogens with two attached hydrogens (primary N) is 1. The van der Waals surface area contributed by atoms with E-state index in [1.807, 2.05) is 6.92 Å². The van der Waals surface area contributed by atoms with Gasteiger partial charge >= 0.3 is 0 Å². The quantitative estimate of drug-likeness (QED) is 0.626. The van der Waals surface area contributed by atoms with Gasteiger partial charge in [-0.1, -0.05) is 17.6 Å². The molecule has 4 N–H and O–H groups in total. The maximum atomic E-state index is 12.1. The second kappa shape index (κ2) is 7.36. The third-order valence-electron chi connectivity index (χ3n) is 3.00. The van der Waals surface area contributed by atoms with Gasteiger partial charge < -0.3 is 11.1 Å². The van der Waals surface area contributed by atoms with E-state index in [0.717, 1.165) is 5.56 Å². The van der Waals surface area contributed by atoms with Gasteiger partial charge in [0.25, 0.3) is 5.91 Å². The van der Waals surface area contributed by atoms with Crippen molar-refractivity contribution in [1.29, 1.82) is 0 Å². The molecule has 9 heteroatoms. The lowest BCUT2D eigenvalue weighted by molar-refractivity contribution is -0.115. The molecule has 8 nitrogen and oxygen atoms in total. The van der Waals surface area contributed by atoms with Gasteiger partial charge in [0.05, 0.1) is 17.7 Å². The highest BCUT2D eigenvalue weighted by Gasteiger charge is 2.16. The number of hydrogen-bond donors (Lipinski definition) is 3. The van der Waals surface area contributed by atoms with Gasteiger partial charge in [-0.15, -0.1) is 0 Å². The average molecular weight is 325 g/mol. The van der Waals surface area contributed by atoms with E-state index in [4.69, 9.17) is 13.6 Å². The van der Waals surface area contributed by atoms with E-state index in [1.54, 1.807) is 12.4 Å². The second-order valence-electron chi connectivity index (χ2n) is 4.98. The van der Waals surface area contributed by atoms with Crippen molar-refractivity contribution in [2.24, 2.45) is 5.73 Å². The monoisotopic (exact) mass is 325 g/mol. The number of amides is 3. The first-order valence-electron chi connectivity index (χ1n) is 6.93. The van der Waals surface area contributed by atoms with E-state index in [-0.39, 0.29) is 25.0 Å². The number of nitrogens with zero attached hydrogens (tertiary/aromatic N) is 2. The first kappa shape index (κ1) is 17.1. The smallest absolute Gasteiger partial charge is 0.252 e. The highest BCUT2D eigenvalue weighted by Crippen LogP contribution is 2.06. The molecule has 1 aromatic carbocycles. The van der Waals surface area contributed by atoms with E-state index in [9.17, 15) is 14.4 Å². The summed E-state index contributed by atoms with van der Waals surface area (Å²) in [5.41, 5.74) is 6.39. The van der Waals surface area contributed by atoms with E-state index in [1.165, 1.54) is 18.2 Å². The van der Waals surface area contributed by atoms with Crippen molar-refractivity contribution in [3.63, 3.8) is 0 Å².